The number of benzene rings is 1. The average Bonchev–Trinajstić information content (AvgIpc) is 2.83. The van der Waals surface area contributed by atoms with E-state index in [0.717, 1.165) is 0 Å². The summed E-state index contributed by atoms with van der Waals surface area (Å²) < 4.78 is 4.82. The van der Waals surface area contributed by atoms with Crippen molar-refractivity contribution in [2.45, 2.75) is 18.5 Å². The SMILES string of the molecule is COCC(N)C(=O)NC1CCN(c2ccc(Cl)c(Cl)c2)C1=O.Cl. The largest absolute Gasteiger partial charge is 0.383 e. The predicted octanol–water partition coefficient (Wildman–Crippen LogP) is 1.61. The summed E-state index contributed by atoms with van der Waals surface area (Å²) in [5.74, 6) is -0.604. The van der Waals surface area contributed by atoms with Gasteiger partial charge in [-0.3, -0.25) is 9.59 Å². The van der Waals surface area contributed by atoms with Crippen molar-refractivity contribution in [2.75, 3.05) is 25.2 Å². The van der Waals surface area contributed by atoms with Crippen LogP contribution >= 0.6 is 35.6 Å². The normalized spacial score (nSPS) is 18.5. The molecule has 2 unspecified atom stereocenters. The number of halogens is 3. The number of amides is 2. The number of carbonyl (C=O) groups is 2. The minimum atomic E-state index is -0.795. The number of hydrogen-bond donors (Lipinski definition) is 2. The molecule has 128 valence electrons. The molecule has 2 atom stereocenters. The third-order valence-corrected chi connectivity index (χ3v) is 4.16. The third kappa shape index (κ3) is 4.71. The summed E-state index contributed by atoms with van der Waals surface area (Å²) in [5, 5.41) is 3.44. The average molecular weight is 383 g/mol. The van der Waals surface area contributed by atoms with Crippen LogP contribution in [-0.2, 0) is 14.3 Å². The Labute approximate surface area is 150 Å². The van der Waals surface area contributed by atoms with E-state index in [0.29, 0.717) is 28.7 Å². The summed E-state index contributed by atoms with van der Waals surface area (Å²) >= 11 is 11.8. The van der Waals surface area contributed by atoms with Gasteiger partial charge in [0, 0.05) is 19.3 Å². The maximum absolute atomic E-state index is 12.4. The molecule has 1 aliphatic heterocycles. The van der Waals surface area contributed by atoms with Crippen molar-refractivity contribution in [1.82, 2.24) is 5.32 Å². The van der Waals surface area contributed by atoms with E-state index in [1.807, 2.05) is 0 Å². The number of carbonyl (C=O) groups excluding carboxylic acids is 2. The number of rotatable bonds is 5. The van der Waals surface area contributed by atoms with Crippen LogP contribution in [0.3, 0.4) is 0 Å². The quantitative estimate of drug-likeness (QED) is 0.810. The summed E-state index contributed by atoms with van der Waals surface area (Å²) in [6, 6.07) is 3.59. The van der Waals surface area contributed by atoms with Gasteiger partial charge in [-0.2, -0.15) is 0 Å². The molecule has 1 saturated heterocycles. The fourth-order valence-electron chi connectivity index (χ4n) is 2.26. The number of hydrogen-bond acceptors (Lipinski definition) is 4. The highest BCUT2D eigenvalue weighted by atomic mass is 35.5. The van der Waals surface area contributed by atoms with Gasteiger partial charge in [0.1, 0.15) is 12.1 Å². The highest BCUT2D eigenvalue weighted by Crippen LogP contribution is 2.29. The van der Waals surface area contributed by atoms with Crippen molar-refractivity contribution >= 4 is 53.1 Å². The van der Waals surface area contributed by atoms with E-state index >= 15 is 0 Å². The van der Waals surface area contributed by atoms with Gasteiger partial charge in [-0.1, -0.05) is 23.2 Å². The van der Waals surface area contributed by atoms with E-state index in [1.54, 1.807) is 23.1 Å². The van der Waals surface area contributed by atoms with Crippen LogP contribution in [0.15, 0.2) is 18.2 Å². The summed E-state index contributed by atoms with van der Waals surface area (Å²) in [4.78, 5) is 25.8. The van der Waals surface area contributed by atoms with Crippen LogP contribution < -0.4 is 16.0 Å². The molecule has 1 aromatic rings. The Kier molecular flexibility index (Phi) is 7.57. The lowest BCUT2D eigenvalue weighted by Gasteiger charge is -2.19. The zero-order valence-corrected chi connectivity index (χ0v) is 14.7. The molecule has 0 saturated carbocycles. The minimum absolute atomic E-state index is 0. The number of nitrogens with zero attached hydrogens (tertiary/aromatic N) is 1. The second-order valence-electron chi connectivity index (χ2n) is 5.00. The number of nitrogens with two attached hydrogens (primary N) is 1. The van der Waals surface area contributed by atoms with Crippen molar-refractivity contribution in [1.29, 1.82) is 0 Å². The van der Waals surface area contributed by atoms with Gasteiger partial charge in [-0.15, -0.1) is 12.4 Å². The van der Waals surface area contributed by atoms with Gasteiger partial charge in [-0.05, 0) is 24.6 Å². The Morgan fingerprint density at radius 1 is 1.48 bits per heavy atom. The maximum atomic E-state index is 12.4. The first-order valence-corrected chi connectivity index (χ1v) is 7.51. The van der Waals surface area contributed by atoms with E-state index in [9.17, 15) is 9.59 Å². The Morgan fingerprint density at radius 3 is 2.78 bits per heavy atom. The zero-order chi connectivity index (χ0) is 16.3. The molecule has 6 nitrogen and oxygen atoms in total. The zero-order valence-electron chi connectivity index (χ0n) is 12.4. The molecule has 0 aliphatic carbocycles. The molecule has 1 aliphatic rings. The molecule has 0 spiro atoms. The van der Waals surface area contributed by atoms with Crippen LogP contribution in [0.1, 0.15) is 6.42 Å². The lowest BCUT2D eigenvalue weighted by Crippen LogP contribution is -2.49. The van der Waals surface area contributed by atoms with E-state index in [1.165, 1.54) is 7.11 Å². The molecule has 23 heavy (non-hydrogen) atoms. The van der Waals surface area contributed by atoms with Gasteiger partial charge in [0.25, 0.3) is 0 Å². The number of ether oxygens (including phenoxy) is 1. The van der Waals surface area contributed by atoms with Crippen LogP contribution in [0.5, 0.6) is 0 Å². The standard InChI is InChI=1S/C14H17Cl2N3O3.ClH/c1-22-7-11(17)13(20)18-12-4-5-19(14(12)21)8-2-3-9(15)10(16)6-8;/h2-3,6,11-12H,4-5,7,17H2,1H3,(H,18,20);1H. The van der Waals surface area contributed by atoms with Crippen molar-refractivity contribution in [3.8, 4) is 0 Å². The van der Waals surface area contributed by atoms with E-state index in [2.05, 4.69) is 5.32 Å². The summed E-state index contributed by atoms with van der Waals surface area (Å²) in [6.07, 6.45) is 0.504. The maximum Gasteiger partial charge on any atom is 0.249 e. The summed E-state index contributed by atoms with van der Waals surface area (Å²) in [7, 11) is 1.46. The van der Waals surface area contributed by atoms with Gasteiger partial charge in [-0.25, -0.2) is 0 Å². The molecule has 9 heteroatoms. The first-order valence-electron chi connectivity index (χ1n) is 6.75. The number of anilines is 1. The Balaban J connectivity index is 0.00000264. The van der Waals surface area contributed by atoms with E-state index < -0.39 is 18.0 Å². The first-order chi connectivity index (χ1) is 10.4. The predicted molar refractivity (Wildman–Crippen MR) is 92.5 cm³/mol. The second-order valence-corrected chi connectivity index (χ2v) is 5.81. The van der Waals surface area contributed by atoms with Crippen LogP contribution in [-0.4, -0.2) is 44.2 Å². The number of nitrogens with one attached hydrogen (secondary N) is 1. The molecular weight excluding hydrogens is 365 g/mol. The summed E-state index contributed by atoms with van der Waals surface area (Å²) in [6.45, 7) is 0.588. The van der Waals surface area contributed by atoms with Crippen molar-refractivity contribution in [3.63, 3.8) is 0 Å². The molecule has 2 amide bonds. The molecule has 1 fully saturated rings. The van der Waals surface area contributed by atoms with Crippen LogP contribution in [0, 0.1) is 0 Å². The van der Waals surface area contributed by atoms with E-state index in [-0.39, 0.29) is 24.9 Å². The topological polar surface area (TPSA) is 84.7 Å². The van der Waals surface area contributed by atoms with Crippen molar-refractivity contribution in [2.24, 2.45) is 5.73 Å². The van der Waals surface area contributed by atoms with Crippen LogP contribution in [0.25, 0.3) is 0 Å². The lowest BCUT2D eigenvalue weighted by molar-refractivity contribution is -0.128. The van der Waals surface area contributed by atoms with E-state index in [4.69, 9.17) is 33.7 Å². The molecule has 0 bridgehead atoms. The summed E-state index contributed by atoms with van der Waals surface area (Å²) in [5.41, 5.74) is 6.29. The lowest BCUT2D eigenvalue weighted by atomic mass is 10.2. The second kappa shape index (κ2) is 8.70. The van der Waals surface area contributed by atoms with Gasteiger partial charge in [0.15, 0.2) is 0 Å². The first kappa shape index (κ1) is 20.0. The van der Waals surface area contributed by atoms with Crippen molar-refractivity contribution in [3.05, 3.63) is 28.2 Å². The minimum Gasteiger partial charge on any atom is -0.383 e. The Bertz CT molecular complexity index is 586. The van der Waals surface area contributed by atoms with Crippen molar-refractivity contribution < 1.29 is 14.3 Å². The van der Waals surface area contributed by atoms with Gasteiger partial charge in [0.2, 0.25) is 11.8 Å². The van der Waals surface area contributed by atoms with Crippen LogP contribution in [0.2, 0.25) is 10.0 Å². The molecule has 1 heterocycles. The molecule has 1 aromatic carbocycles. The van der Waals surface area contributed by atoms with Gasteiger partial charge < -0.3 is 20.7 Å². The Morgan fingerprint density at radius 2 is 2.17 bits per heavy atom. The smallest absolute Gasteiger partial charge is 0.249 e. The highest BCUT2D eigenvalue weighted by Gasteiger charge is 2.34. The van der Waals surface area contributed by atoms with Gasteiger partial charge in [0.05, 0.1) is 16.7 Å². The highest BCUT2D eigenvalue weighted by molar-refractivity contribution is 6.42. The van der Waals surface area contributed by atoms with Gasteiger partial charge >= 0.3 is 0 Å². The molecule has 0 aromatic heterocycles. The third-order valence-electron chi connectivity index (χ3n) is 3.42. The molecule has 2 rings (SSSR count). The molecule has 3 N–H and O–H groups in total. The Hall–Kier alpha value is -1.05. The van der Waals surface area contributed by atoms with Crippen LogP contribution in [0.4, 0.5) is 5.69 Å². The molecular formula is C14H18Cl3N3O3. The fraction of sp³-hybridized carbons (Fsp3) is 0.429. The fourth-order valence-corrected chi connectivity index (χ4v) is 2.55. The molecule has 0 radical (unpaired) electrons. The monoisotopic (exact) mass is 381 g/mol. The number of methoxy groups -OCH3 is 1.